The Balaban J connectivity index is 2.97. The maximum absolute atomic E-state index is 5.04. The molecule has 1 heterocycles. The molecule has 0 aliphatic heterocycles. The predicted octanol–water partition coefficient (Wildman–Crippen LogP) is 1.97. The van der Waals surface area contributed by atoms with E-state index in [1.807, 2.05) is 6.92 Å². The normalized spacial score (nSPS) is 10.5. The lowest BCUT2D eigenvalue weighted by atomic mass is 10.1. The molecular formula is C12H21N3O. The van der Waals surface area contributed by atoms with E-state index in [1.165, 1.54) is 5.56 Å². The molecule has 16 heavy (non-hydrogen) atoms. The Hall–Kier alpha value is -1.16. The summed E-state index contributed by atoms with van der Waals surface area (Å²) in [5, 5.41) is 3.29. The highest BCUT2D eigenvalue weighted by Crippen LogP contribution is 2.16. The van der Waals surface area contributed by atoms with E-state index in [1.54, 1.807) is 7.11 Å². The molecule has 0 aliphatic rings. The molecule has 4 heteroatoms. The third-order valence-corrected chi connectivity index (χ3v) is 2.49. The van der Waals surface area contributed by atoms with Crippen LogP contribution in [0.3, 0.4) is 0 Å². The van der Waals surface area contributed by atoms with Crippen molar-refractivity contribution < 1.29 is 4.74 Å². The van der Waals surface area contributed by atoms with Crippen LogP contribution in [-0.4, -0.2) is 30.2 Å². The zero-order valence-corrected chi connectivity index (χ0v) is 10.6. The van der Waals surface area contributed by atoms with Crippen LogP contribution in [0.4, 0.5) is 5.82 Å². The first kappa shape index (κ1) is 12.9. The Morgan fingerprint density at radius 2 is 2.00 bits per heavy atom. The number of methoxy groups -OCH3 is 1. The van der Waals surface area contributed by atoms with Crippen molar-refractivity contribution >= 4 is 5.82 Å². The van der Waals surface area contributed by atoms with Crippen molar-refractivity contribution in [2.24, 2.45) is 0 Å². The number of hydrogen-bond acceptors (Lipinski definition) is 4. The van der Waals surface area contributed by atoms with Crippen LogP contribution in [0.2, 0.25) is 0 Å². The summed E-state index contributed by atoms with van der Waals surface area (Å²) >= 11 is 0. The third-order valence-electron chi connectivity index (χ3n) is 2.49. The lowest BCUT2D eigenvalue weighted by molar-refractivity contribution is 0.200. The fraction of sp³-hybridized carbons (Fsp3) is 0.667. The molecule has 1 N–H and O–H groups in total. The molecule has 1 aromatic heterocycles. The lowest BCUT2D eigenvalue weighted by Gasteiger charge is -2.12. The zero-order valence-electron chi connectivity index (χ0n) is 10.6. The van der Waals surface area contributed by atoms with Gasteiger partial charge in [-0.3, -0.25) is 0 Å². The van der Waals surface area contributed by atoms with Gasteiger partial charge >= 0.3 is 0 Å². The van der Waals surface area contributed by atoms with Crippen molar-refractivity contribution in [3.05, 3.63) is 17.1 Å². The molecule has 0 amide bonds. The van der Waals surface area contributed by atoms with Gasteiger partial charge in [0, 0.05) is 31.3 Å². The number of hydrogen-bond donors (Lipinski definition) is 1. The van der Waals surface area contributed by atoms with Gasteiger partial charge in [-0.15, -0.1) is 0 Å². The average molecular weight is 223 g/mol. The van der Waals surface area contributed by atoms with Gasteiger partial charge in [0.2, 0.25) is 0 Å². The van der Waals surface area contributed by atoms with Gasteiger partial charge in [-0.25, -0.2) is 9.97 Å². The van der Waals surface area contributed by atoms with Crippen molar-refractivity contribution in [2.45, 2.75) is 33.6 Å². The Bertz CT molecular complexity index is 339. The summed E-state index contributed by atoms with van der Waals surface area (Å²) < 4.78 is 5.04. The second kappa shape index (κ2) is 6.43. The number of anilines is 1. The maximum Gasteiger partial charge on any atom is 0.133 e. The number of aryl methyl sites for hydroxylation is 1. The fourth-order valence-corrected chi connectivity index (χ4v) is 1.70. The van der Waals surface area contributed by atoms with Crippen LogP contribution in [0.25, 0.3) is 0 Å². The Morgan fingerprint density at radius 3 is 2.56 bits per heavy atom. The molecule has 1 rings (SSSR count). The molecule has 0 unspecified atom stereocenters. The standard InChI is InChI=1S/C12H21N3O/c1-5-10-9(3)14-11(7-8-16-4)15-12(10)13-6-2/h5-8H2,1-4H3,(H,13,14,15). The van der Waals surface area contributed by atoms with Crippen molar-refractivity contribution in [1.29, 1.82) is 0 Å². The highest BCUT2D eigenvalue weighted by molar-refractivity contribution is 5.46. The van der Waals surface area contributed by atoms with E-state index in [0.29, 0.717) is 6.61 Å². The van der Waals surface area contributed by atoms with Crippen LogP contribution < -0.4 is 5.32 Å². The molecule has 4 nitrogen and oxygen atoms in total. The summed E-state index contributed by atoms with van der Waals surface area (Å²) in [5.41, 5.74) is 2.28. The van der Waals surface area contributed by atoms with Crippen molar-refractivity contribution in [2.75, 3.05) is 25.6 Å². The first-order valence-corrected chi connectivity index (χ1v) is 5.82. The topological polar surface area (TPSA) is 47.0 Å². The van der Waals surface area contributed by atoms with Gasteiger partial charge in [-0.05, 0) is 20.3 Å². The van der Waals surface area contributed by atoms with Crippen molar-refractivity contribution in [3.8, 4) is 0 Å². The van der Waals surface area contributed by atoms with Crippen molar-refractivity contribution in [3.63, 3.8) is 0 Å². The molecule has 0 aliphatic carbocycles. The van der Waals surface area contributed by atoms with E-state index in [2.05, 4.69) is 29.1 Å². The molecule has 0 fully saturated rings. The number of nitrogens with one attached hydrogen (secondary N) is 1. The lowest BCUT2D eigenvalue weighted by Crippen LogP contribution is -2.10. The van der Waals surface area contributed by atoms with Gasteiger partial charge in [0.05, 0.1) is 6.61 Å². The monoisotopic (exact) mass is 223 g/mol. The first-order chi connectivity index (χ1) is 7.72. The Morgan fingerprint density at radius 1 is 1.25 bits per heavy atom. The van der Waals surface area contributed by atoms with E-state index in [9.17, 15) is 0 Å². The van der Waals surface area contributed by atoms with E-state index >= 15 is 0 Å². The van der Waals surface area contributed by atoms with E-state index in [-0.39, 0.29) is 0 Å². The van der Waals surface area contributed by atoms with Crippen LogP contribution in [0.5, 0.6) is 0 Å². The van der Waals surface area contributed by atoms with Crippen LogP contribution in [0, 0.1) is 6.92 Å². The van der Waals surface area contributed by atoms with Gasteiger partial charge in [0.1, 0.15) is 11.6 Å². The minimum atomic E-state index is 0.663. The van der Waals surface area contributed by atoms with Gasteiger partial charge in [-0.2, -0.15) is 0 Å². The summed E-state index contributed by atoms with van der Waals surface area (Å²) in [6.45, 7) is 7.79. The average Bonchev–Trinajstić information content (AvgIpc) is 2.26. The fourth-order valence-electron chi connectivity index (χ4n) is 1.70. The summed E-state index contributed by atoms with van der Waals surface area (Å²) in [5.74, 6) is 1.83. The highest BCUT2D eigenvalue weighted by atomic mass is 16.5. The minimum Gasteiger partial charge on any atom is -0.384 e. The number of ether oxygens (including phenoxy) is 1. The summed E-state index contributed by atoms with van der Waals surface area (Å²) in [7, 11) is 1.69. The Labute approximate surface area is 97.5 Å². The van der Waals surface area contributed by atoms with Crippen LogP contribution in [0.15, 0.2) is 0 Å². The van der Waals surface area contributed by atoms with Crippen molar-refractivity contribution in [1.82, 2.24) is 9.97 Å². The Kier molecular flexibility index (Phi) is 5.19. The molecule has 90 valence electrons. The number of aromatic nitrogens is 2. The zero-order chi connectivity index (χ0) is 12.0. The molecular weight excluding hydrogens is 202 g/mol. The second-order valence-electron chi connectivity index (χ2n) is 3.68. The van der Waals surface area contributed by atoms with Gasteiger partial charge in [-0.1, -0.05) is 6.92 Å². The molecule has 0 radical (unpaired) electrons. The van der Waals surface area contributed by atoms with E-state index in [4.69, 9.17) is 4.74 Å². The number of nitrogens with zero attached hydrogens (tertiary/aromatic N) is 2. The number of rotatable bonds is 6. The summed E-state index contributed by atoms with van der Waals surface area (Å²) in [4.78, 5) is 9.02. The molecule has 0 bridgehead atoms. The highest BCUT2D eigenvalue weighted by Gasteiger charge is 2.09. The SMILES string of the molecule is CCNc1nc(CCOC)nc(C)c1CC. The van der Waals surface area contributed by atoms with E-state index < -0.39 is 0 Å². The quantitative estimate of drug-likeness (QED) is 0.801. The predicted molar refractivity (Wildman–Crippen MR) is 65.9 cm³/mol. The van der Waals surface area contributed by atoms with Gasteiger partial charge < -0.3 is 10.1 Å². The van der Waals surface area contributed by atoms with Crippen LogP contribution >= 0.6 is 0 Å². The van der Waals surface area contributed by atoms with Gasteiger partial charge in [0.25, 0.3) is 0 Å². The largest absolute Gasteiger partial charge is 0.384 e. The molecule has 0 aromatic carbocycles. The maximum atomic E-state index is 5.04. The first-order valence-electron chi connectivity index (χ1n) is 5.82. The molecule has 0 atom stereocenters. The summed E-state index contributed by atoms with van der Waals surface area (Å²) in [6.07, 6.45) is 1.72. The molecule has 0 saturated carbocycles. The molecule has 1 aromatic rings. The van der Waals surface area contributed by atoms with Crippen LogP contribution in [0.1, 0.15) is 30.9 Å². The summed E-state index contributed by atoms with van der Waals surface area (Å²) in [6, 6.07) is 0. The molecule has 0 saturated heterocycles. The van der Waals surface area contributed by atoms with Gasteiger partial charge in [0.15, 0.2) is 0 Å². The minimum absolute atomic E-state index is 0.663. The second-order valence-corrected chi connectivity index (χ2v) is 3.68. The van der Waals surface area contributed by atoms with Crippen LogP contribution in [-0.2, 0) is 17.6 Å². The molecule has 0 spiro atoms. The third kappa shape index (κ3) is 3.17. The smallest absolute Gasteiger partial charge is 0.133 e. The van der Waals surface area contributed by atoms with E-state index in [0.717, 1.165) is 36.7 Å².